The van der Waals surface area contributed by atoms with E-state index in [9.17, 15) is 13.2 Å². The maximum Gasteiger partial charge on any atom is 0.337 e. The molecular weight excluding hydrogens is 382 g/mol. The smallest absolute Gasteiger partial charge is 0.337 e. The van der Waals surface area contributed by atoms with E-state index in [1.165, 1.54) is 35.7 Å². The van der Waals surface area contributed by atoms with Crippen molar-refractivity contribution in [3.8, 4) is 11.5 Å². The summed E-state index contributed by atoms with van der Waals surface area (Å²) in [7, 11) is 0.910. The summed E-state index contributed by atoms with van der Waals surface area (Å²) in [5.74, 6) is 1.15. The molecule has 1 aliphatic heterocycles. The van der Waals surface area contributed by atoms with Crippen molar-refractivity contribution in [2.24, 2.45) is 5.92 Å². The number of rotatable bonds is 7. The van der Waals surface area contributed by atoms with E-state index in [0.29, 0.717) is 30.2 Å². The highest BCUT2D eigenvalue weighted by Gasteiger charge is 2.36. The molecule has 0 saturated carbocycles. The van der Waals surface area contributed by atoms with E-state index in [2.05, 4.69) is 4.74 Å². The van der Waals surface area contributed by atoms with Crippen molar-refractivity contribution in [2.45, 2.75) is 11.3 Å². The quantitative estimate of drug-likeness (QED) is 0.658. The number of hydrogen-bond acceptors (Lipinski definition) is 6. The van der Waals surface area contributed by atoms with Crippen LogP contribution >= 0.6 is 0 Å². The summed E-state index contributed by atoms with van der Waals surface area (Å²) in [6, 6.07) is 11.5. The Morgan fingerprint density at radius 2 is 1.57 bits per heavy atom. The summed E-state index contributed by atoms with van der Waals surface area (Å²) in [5.41, 5.74) is 1.36. The third-order valence-electron chi connectivity index (χ3n) is 4.77. The second-order valence-electron chi connectivity index (χ2n) is 6.63. The van der Waals surface area contributed by atoms with Crippen LogP contribution in [0.25, 0.3) is 0 Å². The highest BCUT2D eigenvalue weighted by Crippen LogP contribution is 2.30. The fraction of sp³-hybridized carbons (Fsp3) is 0.350. The van der Waals surface area contributed by atoms with Crippen molar-refractivity contribution in [1.29, 1.82) is 0 Å². The average Bonchev–Trinajstić information content (AvgIpc) is 2.69. The van der Waals surface area contributed by atoms with Crippen LogP contribution in [0.2, 0.25) is 0 Å². The van der Waals surface area contributed by atoms with Gasteiger partial charge in [0.05, 0.1) is 31.8 Å². The van der Waals surface area contributed by atoms with Crippen molar-refractivity contribution in [3.05, 3.63) is 53.6 Å². The molecule has 0 atom stereocenters. The first-order valence-corrected chi connectivity index (χ1v) is 10.2. The lowest BCUT2D eigenvalue weighted by atomic mass is 9.94. The maximum absolute atomic E-state index is 12.7. The molecule has 0 bridgehead atoms. The number of nitrogens with zero attached hydrogens (tertiary/aromatic N) is 1. The Kier molecular flexibility index (Phi) is 5.90. The van der Waals surface area contributed by atoms with Gasteiger partial charge in [-0.25, -0.2) is 13.2 Å². The van der Waals surface area contributed by atoms with Crippen LogP contribution in [0.5, 0.6) is 11.5 Å². The zero-order valence-electron chi connectivity index (χ0n) is 16.0. The van der Waals surface area contributed by atoms with Crippen molar-refractivity contribution in [3.63, 3.8) is 0 Å². The topological polar surface area (TPSA) is 82.1 Å². The first-order chi connectivity index (χ1) is 13.4. The van der Waals surface area contributed by atoms with Gasteiger partial charge in [-0.2, -0.15) is 4.31 Å². The van der Waals surface area contributed by atoms with Crippen molar-refractivity contribution in [1.82, 2.24) is 4.31 Å². The molecule has 7 nitrogen and oxygen atoms in total. The van der Waals surface area contributed by atoms with E-state index in [-0.39, 0.29) is 10.8 Å². The van der Waals surface area contributed by atoms with Gasteiger partial charge in [-0.1, -0.05) is 0 Å². The number of methoxy groups -OCH3 is 3. The van der Waals surface area contributed by atoms with Crippen molar-refractivity contribution >= 4 is 16.0 Å². The minimum atomic E-state index is -3.57. The van der Waals surface area contributed by atoms with E-state index in [0.717, 1.165) is 12.0 Å². The normalized spacial score (nSPS) is 15.0. The number of carbonyl (C=O) groups is 1. The standard InChI is InChI=1S/C20H23NO6S/c1-25-17-9-14(10-18(11-17)26-2)8-15-12-21(13-15)28(23,24)19-6-4-16(5-7-19)20(22)27-3/h4-7,9-11,15H,8,12-13H2,1-3H3. The molecule has 0 N–H and O–H groups in total. The molecule has 1 heterocycles. The molecule has 3 rings (SSSR count). The van der Waals surface area contributed by atoms with E-state index >= 15 is 0 Å². The van der Waals surface area contributed by atoms with Crippen LogP contribution in [-0.2, 0) is 21.2 Å². The molecule has 2 aromatic rings. The van der Waals surface area contributed by atoms with E-state index in [1.54, 1.807) is 20.3 Å². The molecule has 1 saturated heterocycles. The Morgan fingerprint density at radius 3 is 2.07 bits per heavy atom. The maximum atomic E-state index is 12.7. The monoisotopic (exact) mass is 405 g/mol. The summed E-state index contributed by atoms with van der Waals surface area (Å²) >= 11 is 0. The zero-order chi connectivity index (χ0) is 20.3. The fourth-order valence-corrected chi connectivity index (χ4v) is 4.79. The molecule has 1 fully saturated rings. The SMILES string of the molecule is COC(=O)c1ccc(S(=O)(=O)N2CC(Cc3cc(OC)cc(OC)c3)C2)cc1. The van der Waals surface area contributed by atoms with Gasteiger partial charge in [0.2, 0.25) is 10.0 Å². The van der Waals surface area contributed by atoms with Crippen molar-refractivity contribution < 1.29 is 27.4 Å². The molecule has 0 unspecified atom stereocenters. The molecule has 0 aliphatic carbocycles. The largest absolute Gasteiger partial charge is 0.497 e. The molecule has 0 spiro atoms. The number of sulfonamides is 1. The summed E-state index contributed by atoms with van der Waals surface area (Å²) < 4.78 is 42.1. The van der Waals surface area contributed by atoms with Crippen LogP contribution in [0.1, 0.15) is 15.9 Å². The van der Waals surface area contributed by atoms with E-state index < -0.39 is 16.0 Å². The number of ether oxygens (including phenoxy) is 3. The molecule has 0 radical (unpaired) electrons. The predicted octanol–water partition coefficient (Wildman–Crippen LogP) is 2.35. The van der Waals surface area contributed by atoms with Crippen LogP contribution in [0.4, 0.5) is 0 Å². The Balaban J connectivity index is 1.65. The van der Waals surface area contributed by atoms with E-state index in [1.807, 2.05) is 12.1 Å². The highest BCUT2D eigenvalue weighted by atomic mass is 32.2. The van der Waals surface area contributed by atoms with Crippen LogP contribution in [0.15, 0.2) is 47.4 Å². The van der Waals surface area contributed by atoms with Gasteiger partial charge in [0.15, 0.2) is 0 Å². The van der Waals surface area contributed by atoms with E-state index in [4.69, 9.17) is 9.47 Å². The lowest BCUT2D eigenvalue weighted by Crippen LogP contribution is -2.50. The fourth-order valence-electron chi connectivity index (χ4n) is 3.20. The third-order valence-corrected chi connectivity index (χ3v) is 6.62. The van der Waals surface area contributed by atoms with Gasteiger partial charge in [0.25, 0.3) is 0 Å². The molecular formula is C20H23NO6S. The van der Waals surface area contributed by atoms with Crippen LogP contribution in [0, 0.1) is 5.92 Å². The summed E-state index contributed by atoms with van der Waals surface area (Å²) in [4.78, 5) is 11.7. The molecule has 8 heteroatoms. The highest BCUT2D eigenvalue weighted by molar-refractivity contribution is 7.89. The number of benzene rings is 2. The summed E-state index contributed by atoms with van der Waals surface area (Å²) in [6.45, 7) is 0.890. The second-order valence-corrected chi connectivity index (χ2v) is 8.57. The Bertz CT molecular complexity index is 927. The molecule has 0 aromatic heterocycles. The second kappa shape index (κ2) is 8.20. The first-order valence-electron chi connectivity index (χ1n) is 8.78. The lowest BCUT2D eigenvalue weighted by Gasteiger charge is -2.38. The number of carbonyl (C=O) groups excluding carboxylic acids is 1. The molecule has 2 aromatic carbocycles. The first kappa shape index (κ1) is 20.2. The molecule has 28 heavy (non-hydrogen) atoms. The predicted molar refractivity (Wildman–Crippen MR) is 103 cm³/mol. The number of esters is 1. The van der Waals surface area contributed by atoms with Gasteiger partial charge < -0.3 is 14.2 Å². The lowest BCUT2D eigenvalue weighted by molar-refractivity contribution is 0.0600. The minimum Gasteiger partial charge on any atom is -0.497 e. The van der Waals surface area contributed by atoms with Gasteiger partial charge in [-0.05, 0) is 54.3 Å². The number of hydrogen-bond donors (Lipinski definition) is 0. The van der Waals surface area contributed by atoms with Gasteiger partial charge in [-0.15, -0.1) is 0 Å². The zero-order valence-corrected chi connectivity index (χ0v) is 16.9. The Hall–Kier alpha value is -2.58. The van der Waals surface area contributed by atoms with Crippen LogP contribution in [-0.4, -0.2) is 53.1 Å². The average molecular weight is 405 g/mol. The molecule has 0 amide bonds. The summed E-state index contributed by atoms with van der Waals surface area (Å²) in [6.07, 6.45) is 0.737. The Morgan fingerprint density at radius 1 is 1.00 bits per heavy atom. The van der Waals surface area contributed by atoms with Crippen LogP contribution < -0.4 is 9.47 Å². The van der Waals surface area contributed by atoms with Gasteiger partial charge in [-0.3, -0.25) is 0 Å². The van der Waals surface area contributed by atoms with Gasteiger partial charge in [0, 0.05) is 19.2 Å². The minimum absolute atomic E-state index is 0.168. The van der Waals surface area contributed by atoms with Crippen molar-refractivity contribution in [2.75, 3.05) is 34.4 Å². The van der Waals surface area contributed by atoms with Gasteiger partial charge >= 0.3 is 5.97 Å². The third kappa shape index (κ3) is 4.13. The Labute approximate surface area is 164 Å². The van der Waals surface area contributed by atoms with Gasteiger partial charge in [0.1, 0.15) is 11.5 Å². The molecule has 150 valence electrons. The van der Waals surface area contributed by atoms with Crippen LogP contribution in [0.3, 0.4) is 0 Å². The molecule has 1 aliphatic rings. The summed E-state index contributed by atoms with van der Waals surface area (Å²) in [5, 5.41) is 0.